The Morgan fingerprint density at radius 3 is 2.47 bits per heavy atom. The van der Waals surface area contributed by atoms with Gasteiger partial charge in [0, 0.05) is 19.8 Å². The fourth-order valence-electron chi connectivity index (χ4n) is 1.84. The molecule has 3 nitrogen and oxygen atoms in total. The highest BCUT2D eigenvalue weighted by molar-refractivity contribution is 5.28. The summed E-state index contributed by atoms with van der Waals surface area (Å²) >= 11 is 0. The molecule has 1 aromatic carbocycles. The van der Waals surface area contributed by atoms with Crippen LogP contribution in [0.2, 0.25) is 0 Å². The van der Waals surface area contributed by atoms with E-state index in [4.69, 9.17) is 9.47 Å². The molecule has 0 radical (unpaired) electrons. The van der Waals surface area contributed by atoms with Crippen molar-refractivity contribution in [1.82, 2.24) is 5.32 Å². The molecule has 0 spiro atoms. The molecule has 108 valence electrons. The van der Waals surface area contributed by atoms with Crippen LogP contribution < -0.4 is 10.1 Å². The second-order valence-corrected chi connectivity index (χ2v) is 4.79. The average Bonchev–Trinajstić information content (AvgIpc) is 2.44. The van der Waals surface area contributed by atoms with Crippen LogP contribution in [0.25, 0.3) is 0 Å². The van der Waals surface area contributed by atoms with Crippen molar-refractivity contribution >= 4 is 0 Å². The predicted octanol–water partition coefficient (Wildman–Crippen LogP) is 3.55. The highest BCUT2D eigenvalue weighted by Crippen LogP contribution is 2.17. The molecular formula is C16H27NO2. The summed E-state index contributed by atoms with van der Waals surface area (Å²) in [4.78, 5) is 0. The monoisotopic (exact) mass is 265 g/mol. The number of hydrogen-bond donors (Lipinski definition) is 1. The second kappa shape index (κ2) is 9.82. The Hall–Kier alpha value is -1.06. The van der Waals surface area contributed by atoms with E-state index in [0.717, 1.165) is 38.3 Å². The van der Waals surface area contributed by atoms with E-state index in [-0.39, 0.29) is 0 Å². The normalized spacial score (nSPS) is 12.4. The summed E-state index contributed by atoms with van der Waals surface area (Å²) in [5.74, 6) is 0.962. The first-order chi connectivity index (χ1) is 9.27. The van der Waals surface area contributed by atoms with Crippen LogP contribution in [0.15, 0.2) is 24.3 Å². The molecule has 1 atom stereocenters. The zero-order valence-electron chi connectivity index (χ0n) is 12.4. The first-order valence-electron chi connectivity index (χ1n) is 7.23. The van der Waals surface area contributed by atoms with Gasteiger partial charge >= 0.3 is 0 Å². The molecule has 0 aromatic heterocycles. The van der Waals surface area contributed by atoms with Crippen molar-refractivity contribution in [2.24, 2.45) is 0 Å². The fourth-order valence-corrected chi connectivity index (χ4v) is 1.84. The Balaban J connectivity index is 2.33. The molecule has 0 saturated heterocycles. The van der Waals surface area contributed by atoms with E-state index >= 15 is 0 Å². The van der Waals surface area contributed by atoms with Crippen LogP contribution in [0.4, 0.5) is 0 Å². The third-order valence-corrected chi connectivity index (χ3v) is 3.12. The first kappa shape index (κ1) is 16.0. The van der Waals surface area contributed by atoms with Gasteiger partial charge in [-0.1, -0.05) is 25.5 Å². The molecule has 3 heteroatoms. The molecule has 0 aliphatic carbocycles. The van der Waals surface area contributed by atoms with Crippen molar-refractivity contribution in [3.8, 4) is 5.75 Å². The van der Waals surface area contributed by atoms with Gasteiger partial charge in [0.15, 0.2) is 0 Å². The topological polar surface area (TPSA) is 30.5 Å². The maximum absolute atomic E-state index is 5.66. The minimum Gasteiger partial charge on any atom is -0.494 e. The maximum atomic E-state index is 5.66. The molecule has 0 bridgehead atoms. The van der Waals surface area contributed by atoms with Crippen LogP contribution in [0, 0.1) is 0 Å². The molecule has 0 saturated carbocycles. The maximum Gasteiger partial charge on any atom is 0.119 e. The first-order valence-corrected chi connectivity index (χ1v) is 7.23. The minimum atomic E-state index is 0.363. The highest BCUT2D eigenvalue weighted by atomic mass is 16.5. The SMILES string of the molecule is CCCCOc1ccc(C(C)NCCCOC)cc1. The number of benzene rings is 1. The Labute approximate surface area is 117 Å². The van der Waals surface area contributed by atoms with E-state index in [0.29, 0.717) is 6.04 Å². The van der Waals surface area contributed by atoms with E-state index in [1.54, 1.807) is 7.11 Å². The number of rotatable bonds is 10. The summed E-state index contributed by atoms with van der Waals surface area (Å²) in [6, 6.07) is 8.74. The molecule has 19 heavy (non-hydrogen) atoms. The lowest BCUT2D eigenvalue weighted by Gasteiger charge is -2.14. The van der Waals surface area contributed by atoms with Gasteiger partial charge in [0.1, 0.15) is 5.75 Å². The largest absolute Gasteiger partial charge is 0.494 e. The number of hydrogen-bond acceptors (Lipinski definition) is 3. The summed E-state index contributed by atoms with van der Waals surface area (Å²) in [6.07, 6.45) is 3.32. The van der Waals surface area contributed by atoms with Crippen LogP contribution in [-0.2, 0) is 4.74 Å². The third kappa shape index (κ3) is 6.60. The molecule has 1 aromatic rings. The van der Waals surface area contributed by atoms with Crippen LogP contribution in [-0.4, -0.2) is 26.9 Å². The van der Waals surface area contributed by atoms with Gasteiger partial charge in [-0.3, -0.25) is 0 Å². The van der Waals surface area contributed by atoms with Gasteiger partial charge in [-0.15, -0.1) is 0 Å². The number of unbranched alkanes of at least 4 members (excludes halogenated alkanes) is 1. The Kier molecular flexibility index (Phi) is 8.26. The van der Waals surface area contributed by atoms with E-state index in [1.807, 2.05) is 0 Å². The molecule has 0 amide bonds. The van der Waals surface area contributed by atoms with E-state index in [1.165, 1.54) is 12.0 Å². The number of methoxy groups -OCH3 is 1. The van der Waals surface area contributed by atoms with Crippen LogP contribution in [0.1, 0.15) is 44.7 Å². The predicted molar refractivity (Wildman–Crippen MR) is 79.8 cm³/mol. The molecule has 0 fully saturated rings. The van der Waals surface area contributed by atoms with Crippen molar-refractivity contribution in [2.45, 2.75) is 39.2 Å². The van der Waals surface area contributed by atoms with Crippen LogP contribution in [0.3, 0.4) is 0 Å². The lowest BCUT2D eigenvalue weighted by Crippen LogP contribution is -2.20. The Bertz CT molecular complexity index is 324. The van der Waals surface area contributed by atoms with Gasteiger partial charge in [-0.2, -0.15) is 0 Å². The van der Waals surface area contributed by atoms with E-state index < -0.39 is 0 Å². The van der Waals surface area contributed by atoms with E-state index in [2.05, 4.69) is 43.4 Å². The van der Waals surface area contributed by atoms with Crippen molar-refractivity contribution < 1.29 is 9.47 Å². The van der Waals surface area contributed by atoms with Gasteiger partial charge in [-0.25, -0.2) is 0 Å². The lowest BCUT2D eigenvalue weighted by molar-refractivity contribution is 0.193. The molecule has 0 aliphatic rings. The van der Waals surface area contributed by atoms with Gasteiger partial charge in [0.2, 0.25) is 0 Å². The molecular weight excluding hydrogens is 238 g/mol. The van der Waals surface area contributed by atoms with Crippen LogP contribution >= 0.6 is 0 Å². The van der Waals surface area contributed by atoms with Gasteiger partial charge in [0.05, 0.1) is 6.61 Å². The van der Waals surface area contributed by atoms with Crippen LogP contribution in [0.5, 0.6) is 5.75 Å². The fraction of sp³-hybridized carbons (Fsp3) is 0.625. The molecule has 1 unspecified atom stereocenters. The number of nitrogens with one attached hydrogen (secondary N) is 1. The summed E-state index contributed by atoms with van der Waals surface area (Å²) in [6.45, 7) is 6.94. The minimum absolute atomic E-state index is 0.363. The molecule has 0 heterocycles. The quantitative estimate of drug-likeness (QED) is 0.656. The number of ether oxygens (including phenoxy) is 2. The Morgan fingerprint density at radius 1 is 1.11 bits per heavy atom. The zero-order chi connectivity index (χ0) is 13.9. The second-order valence-electron chi connectivity index (χ2n) is 4.79. The van der Waals surface area contributed by atoms with Gasteiger partial charge in [0.25, 0.3) is 0 Å². The van der Waals surface area contributed by atoms with Crippen molar-refractivity contribution in [1.29, 1.82) is 0 Å². The van der Waals surface area contributed by atoms with E-state index in [9.17, 15) is 0 Å². The third-order valence-electron chi connectivity index (χ3n) is 3.12. The molecule has 0 aliphatic heterocycles. The highest BCUT2D eigenvalue weighted by Gasteiger charge is 2.04. The molecule has 1 N–H and O–H groups in total. The van der Waals surface area contributed by atoms with Crippen molar-refractivity contribution in [3.05, 3.63) is 29.8 Å². The summed E-state index contributed by atoms with van der Waals surface area (Å²) in [5, 5.41) is 3.48. The smallest absolute Gasteiger partial charge is 0.119 e. The molecule has 1 rings (SSSR count). The standard InChI is InChI=1S/C16H27NO2/c1-4-5-13-19-16-9-7-15(8-10-16)14(2)17-11-6-12-18-3/h7-10,14,17H,4-6,11-13H2,1-3H3. The van der Waals surface area contributed by atoms with Crippen molar-refractivity contribution in [3.63, 3.8) is 0 Å². The summed E-state index contributed by atoms with van der Waals surface area (Å²) < 4.78 is 10.7. The Morgan fingerprint density at radius 2 is 1.84 bits per heavy atom. The lowest BCUT2D eigenvalue weighted by atomic mass is 10.1. The van der Waals surface area contributed by atoms with Gasteiger partial charge < -0.3 is 14.8 Å². The van der Waals surface area contributed by atoms with Gasteiger partial charge in [-0.05, 0) is 44.0 Å². The average molecular weight is 265 g/mol. The van der Waals surface area contributed by atoms with Crippen molar-refractivity contribution in [2.75, 3.05) is 26.9 Å². The summed E-state index contributed by atoms with van der Waals surface area (Å²) in [7, 11) is 1.74. The summed E-state index contributed by atoms with van der Waals surface area (Å²) in [5.41, 5.74) is 1.29. The zero-order valence-corrected chi connectivity index (χ0v) is 12.4.